The molecular formula is C16H12ClF3N2O2. The molecule has 1 N–H and O–H groups in total. The van der Waals surface area contributed by atoms with Crippen molar-refractivity contribution < 1.29 is 22.8 Å². The van der Waals surface area contributed by atoms with Gasteiger partial charge in [0.1, 0.15) is 12.4 Å². The average Bonchev–Trinajstić information content (AvgIpc) is 2.51. The van der Waals surface area contributed by atoms with Crippen molar-refractivity contribution in [3.05, 3.63) is 58.9 Å². The van der Waals surface area contributed by atoms with Gasteiger partial charge in [0.15, 0.2) is 11.6 Å². The molecule has 0 radical (unpaired) electrons. The summed E-state index contributed by atoms with van der Waals surface area (Å²) >= 11 is 5.67. The number of hydrogen-bond donors (Lipinski definition) is 1. The Kier molecular flexibility index (Phi) is 5.46. The van der Waals surface area contributed by atoms with Crippen LogP contribution in [0.25, 0.3) is 0 Å². The van der Waals surface area contributed by atoms with Crippen LogP contribution in [0.2, 0.25) is 5.02 Å². The Balaban J connectivity index is 2.15. The number of carbonyl (C=O) groups excluding carboxylic acids is 2. The first-order valence-corrected chi connectivity index (χ1v) is 7.14. The maximum absolute atomic E-state index is 13.2. The predicted octanol–water partition coefficient (Wildman–Crippen LogP) is 3.75. The van der Waals surface area contributed by atoms with Crippen molar-refractivity contribution >= 4 is 34.8 Å². The molecule has 0 saturated carbocycles. The predicted molar refractivity (Wildman–Crippen MR) is 84.4 cm³/mol. The fraction of sp³-hybridized carbons (Fsp3) is 0.125. The van der Waals surface area contributed by atoms with E-state index in [9.17, 15) is 22.8 Å². The lowest BCUT2D eigenvalue weighted by molar-refractivity contribution is -0.120. The van der Waals surface area contributed by atoms with Gasteiger partial charge in [0.25, 0.3) is 0 Å². The van der Waals surface area contributed by atoms with Crippen LogP contribution in [0.5, 0.6) is 0 Å². The summed E-state index contributed by atoms with van der Waals surface area (Å²) in [5, 5.41) is 2.15. The SMILES string of the molecule is CC(=O)N(CC(=O)Nc1ccc(F)c(F)c1)c1ccc(F)c(Cl)c1. The lowest BCUT2D eigenvalue weighted by Crippen LogP contribution is -2.36. The van der Waals surface area contributed by atoms with E-state index in [0.29, 0.717) is 0 Å². The number of carbonyl (C=O) groups is 2. The molecule has 2 aromatic carbocycles. The van der Waals surface area contributed by atoms with Crippen LogP contribution < -0.4 is 10.2 Å². The largest absolute Gasteiger partial charge is 0.324 e. The van der Waals surface area contributed by atoms with Crippen LogP contribution in [-0.4, -0.2) is 18.4 Å². The lowest BCUT2D eigenvalue weighted by atomic mass is 10.2. The van der Waals surface area contributed by atoms with Crippen molar-refractivity contribution in [3.8, 4) is 0 Å². The fourth-order valence-corrected chi connectivity index (χ4v) is 2.13. The highest BCUT2D eigenvalue weighted by Gasteiger charge is 2.17. The van der Waals surface area contributed by atoms with Gasteiger partial charge in [-0.05, 0) is 30.3 Å². The van der Waals surface area contributed by atoms with E-state index in [1.54, 1.807) is 0 Å². The molecule has 0 spiro atoms. The molecular weight excluding hydrogens is 345 g/mol. The van der Waals surface area contributed by atoms with Crippen molar-refractivity contribution in [1.82, 2.24) is 0 Å². The zero-order chi connectivity index (χ0) is 17.9. The first-order chi connectivity index (χ1) is 11.3. The summed E-state index contributed by atoms with van der Waals surface area (Å²) in [6.45, 7) is 0.818. The molecule has 0 fully saturated rings. The minimum absolute atomic E-state index is 0.0412. The molecule has 24 heavy (non-hydrogen) atoms. The Hall–Kier alpha value is -2.54. The summed E-state index contributed by atoms with van der Waals surface area (Å²) in [5.74, 6) is -3.93. The number of benzene rings is 2. The molecule has 2 aromatic rings. The van der Waals surface area contributed by atoms with E-state index in [1.165, 1.54) is 25.1 Å². The number of anilines is 2. The molecule has 0 aliphatic rings. The number of amides is 2. The Bertz CT molecular complexity index is 799. The zero-order valence-corrected chi connectivity index (χ0v) is 13.2. The second-order valence-electron chi connectivity index (χ2n) is 4.88. The summed E-state index contributed by atoms with van der Waals surface area (Å²) < 4.78 is 39.2. The molecule has 0 heterocycles. The van der Waals surface area contributed by atoms with Gasteiger partial charge in [0, 0.05) is 24.4 Å². The molecule has 0 aliphatic carbocycles. The molecule has 8 heteroatoms. The van der Waals surface area contributed by atoms with Crippen LogP contribution >= 0.6 is 11.6 Å². The van der Waals surface area contributed by atoms with Gasteiger partial charge in [-0.15, -0.1) is 0 Å². The quantitative estimate of drug-likeness (QED) is 0.907. The summed E-state index contributed by atoms with van der Waals surface area (Å²) in [7, 11) is 0. The standard InChI is InChI=1S/C16H12ClF3N2O2/c1-9(23)22(11-3-5-13(18)12(17)7-11)8-16(24)21-10-2-4-14(19)15(20)6-10/h2-7H,8H2,1H3,(H,21,24). The van der Waals surface area contributed by atoms with Gasteiger partial charge in [0.2, 0.25) is 11.8 Å². The Labute approximate surface area is 140 Å². The number of nitrogens with zero attached hydrogens (tertiary/aromatic N) is 1. The molecule has 2 rings (SSSR count). The van der Waals surface area contributed by atoms with Crippen LogP contribution in [-0.2, 0) is 9.59 Å². The van der Waals surface area contributed by atoms with Crippen molar-refractivity contribution in [2.45, 2.75) is 6.92 Å². The van der Waals surface area contributed by atoms with E-state index >= 15 is 0 Å². The molecule has 0 unspecified atom stereocenters. The second kappa shape index (κ2) is 7.35. The normalized spacial score (nSPS) is 10.4. The number of rotatable bonds is 4. The summed E-state index contributed by atoms with van der Waals surface area (Å²) in [4.78, 5) is 24.8. The van der Waals surface area contributed by atoms with Gasteiger partial charge in [-0.25, -0.2) is 13.2 Å². The number of nitrogens with one attached hydrogen (secondary N) is 1. The molecule has 0 saturated heterocycles. The Morgan fingerprint density at radius 2 is 1.71 bits per heavy atom. The smallest absolute Gasteiger partial charge is 0.244 e. The van der Waals surface area contributed by atoms with E-state index < -0.39 is 35.8 Å². The third-order valence-corrected chi connectivity index (χ3v) is 3.39. The monoisotopic (exact) mass is 356 g/mol. The average molecular weight is 357 g/mol. The van der Waals surface area contributed by atoms with Crippen molar-refractivity contribution in [2.75, 3.05) is 16.8 Å². The van der Waals surface area contributed by atoms with E-state index in [1.807, 2.05) is 0 Å². The van der Waals surface area contributed by atoms with Crippen LogP contribution in [0.1, 0.15) is 6.92 Å². The molecule has 0 aromatic heterocycles. The van der Waals surface area contributed by atoms with Crippen molar-refractivity contribution in [1.29, 1.82) is 0 Å². The molecule has 0 bridgehead atoms. The maximum Gasteiger partial charge on any atom is 0.244 e. The molecule has 2 amide bonds. The van der Waals surface area contributed by atoms with Gasteiger partial charge in [-0.2, -0.15) is 0 Å². The van der Waals surface area contributed by atoms with Gasteiger partial charge in [0.05, 0.1) is 5.02 Å². The lowest BCUT2D eigenvalue weighted by Gasteiger charge is -2.21. The highest BCUT2D eigenvalue weighted by molar-refractivity contribution is 6.31. The first-order valence-electron chi connectivity index (χ1n) is 6.76. The Morgan fingerprint density at radius 3 is 2.29 bits per heavy atom. The fourth-order valence-electron chi connectivity index (χ4n) is 1.96. The van der Waals surface area contributed by atoms with Crippen LogP contribution in [0.4, 0.5) is 24.5 Å². The van der Waals surface area contributed by atoms with Crippen LogP contribution in [0.3, 0.4) is 0 Å². The van der Waals surface area contributed by atoms with Gasteiger partial charge >= 0.3 is 0 Å². The van der Waals surface area contributed by atoms with Crippen molar-refractivity contribution in [2.24, 2.45) is 0 Å². The minimum Gasteiger partial charge on any atom is -0.324 e. The van der Waals surface area contributed by atoms with Crippen LogP contribution in [0.15, 0.2) is 36.4 Å². The highest BCUT2D eigenvalue weighted by atomic mass is 35.5. The van der Waals surface area contributed by atoms with Crippen LogP contribution in [0, 0.1) is 17.5 Å². The number of hydrogen-bond acceptors (Lipinski definition) is 2. The zero-order valence-electron chi connectivity index (χ0n) is 12.4. The van der Waals surface area contributed by atoms with E-state index in [-0.39, 0.29) is 16.4 Å². The van der Waals surface area contributed by atoms with E-state index in [2.05, 4.69) is 5.32 Å². The van der Waals surface area contributed by atoms with E-state index in [0.717, 1.165) is 23.1 Å². The minimum atomic E-state index is -1.11. The molecule has 0 aliphatic heterocycles. The van der Waals surface area contributed by atoms with Crippen molar-refractivity contribution in [3.63, 3.8) is 0 Å². The third kappa shape index (κ3) is 4.26. The van der Waals surface area contributed by atoms with E-state index in [4.69, 9.17) is 11.6 Å². The van der Waals surface area contributed by atoms with Gasteiger partial charge in [-0.1, -0.05) is 11.6 Å². The topological polar surface area (TPSA) is 49.4 Å². The Morgan fingerprint density at radius 1 is 1.04 bits per heavy atom. The second-order valence-corrected chi connectivity index (χ2v) is 5.29. The maximum atomic E-state index is 13.2. The third-order valence-electron chi connectivity index (χ3n) is 3.10. The molecule has 126 valence electrons. The highest BCUT2D eigenvalue weighted by Crippen LogP contribution is 2.23. The summed E-state index contributed by atoms with van der Waals surface area (Å²) in [5.41, 5.74) is 0.272. The van der Waals surface area contributed by atoms with Gasteiger partial charge < -0.3 is 10.2 Å². The summed E-state index contributed by atoms with van der Waals surface area (Å²) in [6.07, 6.45) is 0. The first kappa shape index (κ1) is 17.8. The van der Waals surface area contributed by atoms with Gasteiger partial charge in [-0.3, -0.25) is 9.59 Å². The molecule has 0 atom stereocenters. The number of halogens is 4. The molecule has 4 nitrogen and oxygen atoms in total. The summed E-state index contributed by atoms with van der Waals surface area (Å²) in [6, 6.07) is 6.45.